The Hall–Kier alpha value is -2.53. The maximum absolute atomic E-state index is 5.58. The maximum atomic E-state index is 5.58. The number of methoxy groups -OCH3 is 2. The molecule has 5 heteroatoms. The van der Waals surface area contributed by atoms with Crippen molar-refractivity contribution in [3.8, 4) is 11.5 Å². The number of hydrogen-bond donors (Lipinski definition) is 0. The maximum Gasteiger partial charge on any atom is 0.122 e. The van der Waals surface area contributed by atoms with E-state index in [1.807, 2.05) is 18.2 Å². The van der Waals surface area contributed by atoms with Crippen LogP contribution < -0.4 is 9.47 Å². The van der Waals surface area contributed by atoms with Crippen LogP contribution in [0.15, 0.2) is 42.6 Å². The zero-order chi connectivity index (χ0) is 18.1. The number of hydrogen-bond acceptors (Lipinski definition) is 4. The SMILES string of the molecule is COc1ccc(OC)c([C@H]2CCN(Cc3nc(C)n4ccccc34)C2)c1. The molecule has 1 aromatic carbocycles. The Kier molecular flexibility index (Phi) is 4.55. The average Bonchev–Trinajstić information content (AvgIpc) is 3.27. The van der Waals surface area contributed by atoms with Gasteiger partial charge in [-0.1, -0.05) is 6.07 Å². The summed E-state index contributed by atoms with van der Waals surface area (Å²) >= 11 is 0. The van der Waals surface area contributed by atoms with Crippen LogP contribution >= 0.6 is 0 Å². The van der Waals surface area contributed by atoms with Crippen molar-refractivity contribution in [2.45, 2.75) is 25.8 Å². The average molecular weight is 351 g/mol. The highest BCUT2D eigenvalue weighted by Gasteiger charge is 2.27. The molecule has 5 nitrogen and oxygen atoms in total. The van der Waals surface area contributed by atoms with Crippen molar-refractivity contribution in [2.24, 2.45) is 0 Å². The van der Waals surface area contributed by atoms with Crippen molar-refractivity contribution in [1.82, 2.24) is 14.3 Å². The van der Waals surface area contributed by atoms with E-state index in [2.05, 4.69) is 40.6 Å². The highest BCUT2D eigenvalue weighted by atomic mass is 16.5. The third-order valence-corrected chi connectivity index (χ3v) is 5.32. The van der Waals surface area contributed by atoms with E-state index in [0.29, 0.717) is 5.92 Å². The number of ether oxygens (including phenoxy) is 2. The second-order valence-electron chi connectivity index (χ2n) is 6.89. The molecule has 1 aliphatic rings. The Labute approximate surface area is 154 Å². The van der Waals surface area contributed by atoms with Crippen molar-refractivity contribution >= 4 is 5.52 Å². The lowest BCUT2D eigenvalue weighted by molar-refractivity contribution is 0.323. The van der Waals surface area contributed by atoms with Crippen LogP contribution in [0.3, 0.4) is 0 Å². The monoisotopic (exact) mass is 351 g/mol. The van der Waals surface area contributed by atoms with Crippen LogP contribution in [0.4, 0.5) is 0 Å². The lowest BCUT2D eigenvalue weighted by Gasteiger charge is -2.17. The highest BCUT2D eigenvalue weighted by Crippen LogP contribution is 2.36. The lowest BCUT2D eigenvalue weighted by atomic mass is 9.97. The van der Waals surface area contributed by atoms with Gasteiger partial charge in [0.25, 0.3) is 0 Å². The van der Waals surface area contributed by atoms with Crippen LogP contribution in [0.25, 0.3) is 5.52 Å². The summed E-state index contributed by atoms with van der Waals surface area (Å²) in [5.41, 5.74) is 3.59. The molecule has 26 heavy (non-hydrogen) atoms. The fourth-order valence-electron chi connectivity index (χ4n) is 3.98. The summed E-state index contributed by atoms with van der Waals surface area (Å²) in [6.45, 7) is 5.01. The van der Waals surface area contributed by atoms with E-state index in [1.165, 1.54) is 11.1 Å². The van der Waals surface area contributed by atoms with E-state index >= 15 is 0 Å². The first-order chi connectivity index (χ1) is 12.7. The summed E-state index contributed by atoms with van der Waals surface area (Å²) in [6, 6.07) is 12.3. The lowest BCUT2D eigenvalue weighted by Crippen LogP contribution is -2.20. The zero-order valence-corrected chi connectivity index (χ0v) is 15.6. The Balaban J connectivity index is 1.54. The number of imidazole rings is 1. The topological polar surface area (TPSA) is 39.0 Å². The standard InChI is InChI=1S/C21H25N3O2/c1-15-22-19(20-6-4-5-10-24(15)20)14-23-11-9-16(13-23)18-12-17(25-2)7-8-21(18)26-3/h4-8,10,12,16H,9,11,13-14H2,1-3H3/t16-/m0/s1. The predicted octanol–water partition coefficient (Wildman–Crippen LogP) is 3.65. The minimum absolute atomic E-state index is 0.454. The number of aromatic nitrogens is 2. The zero-order valence-electron chi connectivity index (χ0n) is 15.6. The fourth-order valence-corrected chi connectivity index (χ4v) is 3.98. The number of rotatable bonds is 5. The Morgan fingerprint density at radius 3 is 2.85 bits per heavy atom. The van der Waals surface area contributed by atoms with Crippen molar-refractivity contribution in [3.63, 3.8) is 0 Å². The van der Waals surface area contributed by atoms with Gasteiger partial charge in [-0.25, -0.2) is 4.98 Å². The van der Waals surface area contributed by atoms with E-state index < -0.39 is 0 Å². The molecule has 0 spiro atoms. The van der Waals surface area contributed by atoms with Crippen molar-refractivity contribution in [2.75, 3.05) is 27.3 Å². The van der Waals surface area contributed by atoms with Crippen LogP contribution in [0.1, 0.15) is 29.4 Å². The van der Waals surface area contributed by atoms with Gasteiger partial charge in [-0.05, 0) is 50.2 Å². The molecule has 1 atom stereocenters. The number of fused-ring (bicyclic) bond motifs is 1. The Bertz CT molecular complexity index is 919. The molecule has 4 rings (SSSR count). The minimum atomic E-state index is 0.454. The quantitative estimate of drug-likeness (QED) is 0.703. The van der Waals surface area contributed by atoms with Crippen LogP contribution in [0.5, 0.6) is 11.5 Å². The van der Waals surface area contributed by atoms with E-state index in [4.69, 9.17) is 14.5 Å². The second kappa shape index (κ2) is 7.00. The third kappa shape index (κ3) is 3.03. The van der Waals surface area contributed by atoms with Gasteiger partial charge in [-0.2, -0.15) is 0 Å². The summed E-state index contributed by atoms with van der Waals surface area (Å²) in [7, 11) is 3.44. The summed E-state index contributed by atoms with van der Waals surface area (Å²) in [4.78, 5) is 7.27. The first-order valence-corrected chi connectivity index (χ1v) is 9.06. The molecule has 2 aromatic heterocycles. The molecule has 3 heterocycles. The molecular weight excluding hydrogens is 326 g/mol. The van der Waals surface area contributed by atoms with E-state index in [-0.39, 0.29) is 0 Å². The molecule has 0 radical (unpaired) electrons. The van der Waals surface area contributed by atoms with Crippen molar-refractivity contribution in [3.05, 3.63) is 59.7 Å². The molecular formula is C21H25N3O2. The first kappa shape index (κ1) is 16.9. The smallest absolute Gasteiger partial charge is 0.122 e. The summed E-state index contributed by atoms with van der Waals surface area (Å²) in [5, 5.41) is 0. The molecule has 0 amide bonds. The minimum Gasteiger partial charge on any atom is -0.497 e. The molecule has 1 aliphatic heterocycles. The van der Waals surface area contributed by atoms with Crippen molar-refractivity contribution in [1.29, 1.82) is 0 Å². The summed E-state index contributed by atoms with van der Waals surface area (Å²) in [6.07, 6.45) is 3.20. The first-order valence-electron chi connectivity index (χ1n) is 9.06. The summed E-state index contributed by atoms with van der Waals surface area (Å²) in [5.74, 6) is 3.33. The van der Waals surface area contributed by atoms with Crippen molar-refractivity contribution < 1.29 is 9.47 Å². The molecule has 3 aromatic rings. The van der Waals surface area contributed by atoms with Gasteiger partial charge in [0, 0.05) is 30.8 Å². The van der Waals surface area contributed by atoms with E-state index in [0.717, 1.165) is 49.1 Å². The molecule has 1 saturated heterocycles. The largest absolute Gasteiger partial charge is 0.497 e. The molecule has 136 valence electrons. The number of likely N-dealkylation sites (tertiary alicyclic amines) is 1. The van der Waals surface area contributed by atoms with Gasteiger partial charge < -0.3 is 13.9 Å². The normalized spacial score (nSPS) is 17.7. The second-order valence-corrected chi connectivity index (χ2v) is 6.89. The van der Waals surface area contributed by atoms with Gasteiger partial charge in [0.05, 0.1) is 25.4 Å². The van der Waals surface area contributed by atoms with Crippen LogP contribution in [-0.4, -0.2) is 41.6 Å². The fraction of sp³-hybridized carbons (Fsp3) is 0.381. The van der Waals surface area contributed by atoms with Crippen LogP contribution in [-0.2, 0) is 6.54 Å². The van der Waals surface area contributed by atoms with E-state index in [9.17, 15) is 0 Å². The molecule has 0 N–H and O–H groups in total. The molecule has 0 bridgehead atoms. The summed E-state index contributed by atoms with van der Waals surface area (Å²) < 4.78 is 13.1. The van der Waals surface area contributed by atoms with E-state index in [1.54, 1.807) is 14.2 Å². The molecule has 0 unspecified atom stereocenters. The number of pyridine rings is 1. The molecule has 1 fully saturated rings. The Morgan fingerprint density at radius 2 is 2.04 bits per heavy atom. The number of aryl methyl sites for hydroxylation is 1. The molecule has 0 aliphatic carbocycles. The predicted molar refractivity (Wildman–Crippen MR) is 102 cm³/mol. The van der Waals surface area contributed by atoms with Crippen LogP contribution in [0.2, 0.25) is 0 Å². The van der Waals surface area contributed by atoms with Gasteiger partial charge >= 0.3 is 0 Å². The third-order valence-electron chi connectivity index (χ3n) is 5.32. The van der Waals surface area contributed by atoms with Gasteiger partial charge in [-0.15, -0.1) is 0 Å². The van der Waals surface area contributed by atoms with Crippen LogP contribution in [0, 0.1) is 6.92 Å². The molecule has 0 saturated carbocycles. The number of benzene rings is 1. The Morgan fingerprint density at radius 1 is 1.15 bits per heavy atom. The van der Waals surface area contributed by atoms with Gasteiger partial charge in [-0.3, -0.25) is 4.90 Å². The highest BCUT2D eigenvalue weighted by molar-refractivity contribution is 5.53. The van der Waals surface area contributed by atoms with Gasteiger partial charge in [0.2, 0.25) is 0 Å². The number of nitrogens with zero attached hydrogens (tertiary/aromatic N) is 3. The van der Waals surface area contributed by atoms with Gasteiger partial charge in [0.1, 0.15) is 17.3 Å². The van der Waals surface area contributed by atoms with Gasteiger partial charge in [0.15, 0.2) is 0 Å².